The topological polar surface area (TPSA) is 32.7 Å². The summed E-state index contributed by atoms with van der Waals surface area (Å²) < 4.78 is 0. The van der Waals surface area contributed by atoms with E-state index in [-0.39, 0.29) is 0 Å². The number of hydrogen-bond donors (Lipinski definition) is 0. The zero-order valence-corrected chi connectivity index (χ0v) is 6.15. The maximum Gasteiger partial charge on any atom is 0.230 e. The first-order valence-electron chi connectivity index (χ1n) is 2.35. The Morgan fingerprint density at radius 3 is 3.11 bits per heavy atom. The average Bonchev–Trinajstić information content (AvgIpc) is 2.34. The van der Waals surface area contributed by atoms with Gasteiger partial charge in [0.2, 0.25) is 6.41 Å². The highest BCUT2D eigenvalue weighted by molar-refractivity contribution is 8.14. The van der Waals surface area contributed by atoms with E-state index in [1.165, 1.54) is 16.8 Å². The van der Waals surface area contributed by atoms with Crippen LogP contribution in [0, 0.1) is 0 Å². The Morgan fingerprint density at radius 2 is 2.78 bits per heavy atom. The van der Waals surface area contributed by atoms with E-state index in [1.54, 1.807) is 0 Å². The van der Waals surface area contributed by atoms with Crippen molar-refractivity contribution in [1.82, 2.24) is 5.01 Å². The standard InChI is InChI=1S/C4H5ClN2OS/c5-1-4-6-7(2-8)3-9-4/h2H,1,3H2. The van der Waals surface area contributed by atoms with Crippen LogP contribution in [0.1, 0.15) is 0 Å². The van der Waals surface area contributed by atoms with Crippen LogP contribution in [-0.2, 0) is 4.79 Å². The summed E-state index contributed by atoms with van der Waals surface area (Å²) in [6.45, 7) is 0. The van der Waals surface area contributed by atoms with E-state index in [2.05, 4.69) is 5.10 Å². The molecule has 5 heteroatoms. The van der Waals surface area contributed by atoms with Gasteiger partial charge in [0.15, 0.2) is 0 Å². The van der Waals surface area contributed by atoms with E-state index >= 15 is 0 Å². The predicted molar refractivity (Wildman–Crippen MR) is 38.5 cm³/mol. The summed E-state index contributed by atoms with van der Waals surface area (Å²) in [5.41, 5.74) is 0. The molecule has 1 aliphatic heterocycles. The molecule has 0 aromatic rings. The lowest BCUT2D eigenvalue weighted by Crippen LogP contribution is -2.08. The van der Waals surface area contributed by atoms with Crippen LogP contribution in [0.3, 0.4) is 0 Å². The fourth-order valence-corrected chi connectivity index (χ4v) is 1.39. The van der Waals surface area contributed by atoms with Crippen molar-refractivity contribution in [3.05, 3.63) is 0 Å². The number of halogens is 1. The third-order valence-electron chi connectivity index (χ3n) is 0.839. The van der Waals surface area contributed by atoms with Crippen molar-refractivity contribution >= 4 is 34.8 Å². The number of thioether (sulfide) groups is 1. The SMILES string of the molecule is O=CN1CSC(CCl)=N1. The number of carbonyl (C=O) groups excluding carboxylic acids is 1. The second kappa shape index (κ2) is 3.08. The molecule has 0 N–H and O–H groups in total. The second-order valence-corrected chi connectivity index (χ2v) is 2.73. The molecule has 0 aliphatic carbocycles. The van der Waals surface area contributed by atoms with E-state index in [1.807, 2.05) is 0 Å². The largest absolute Gasteiger partial charge is 0.277 e. The van der Waals surface area contributed by atoms with Crippen LogP contribution in [0.25, 0.3) is 0 Å². The van der Waals surface area contributed by atoms with E-state index in [0.717, 1.165) is 5.04 Å². The van der Waals surface area contributed by atoms with Crippen molar-refractivity contribution in [2.24, 2.45) is 5.10 Å². The summed E-state index contributed by atoms with van der Waals surface area (Å²) in [7, 11) is 0. The van der Waals surface area contributed by atoms with Gasteiger partial charge in [0.1, 0.15) is 5.04 Å². The van der Waals surface area contributed by atoms with Gasteiger partial charge in [-0.25, -0.2) is 5.01 Å². The average molecular weight is 165 g/mol. The molecule has 0 spiro atoms. The molecule has 9 heavy (non-hydrogen) atoms. The lowest BCUT2D eigenvalue weighted by molar-refractivity contribution is -0.117. The molecule has 0 fully saturated rings. The van der Waals surface area contributed by atoms with E-state index in [9.17, 15) is 4.79 Å². The quantitative estimate of drug-likeness (QED) is 0.445. The molecule has 0 unspecified atom stereocenters. The zero-order valence-electron chi connectivity index (χ0n) is 4.58. The van der Waals surface area contributed by atoms with Crippen LogP contribution in [0.5, 0.6) is 0 Å². The Labute approximate surface area is 62.0 Å². The molecule has 0 atom stereocenters. The fourth-order valence-electron chi connectivity index (χ4n) is 0.461. The first-order chi connectivity index (χ1) is 4.36. The molecule has 0 saturated carbocycles. The first-order valence-corrected chi connectivity index (χ1v) is 3.87. The van der Waals surface area contributed by atoms with Crippen molar-refractivity contribution in [2.75, 3.05) is 11.8 Å². The summed E-state index contributed by atoms with van der Waals surface area (Å²) in [6.07, 6.45) is 0.687. The summed E-state index contributed by atoms with van der Waals surface area (Å²) in [6, 6.07) is 0. The number of alkyl halides is 1. The Balaban J connectivity index is 2.49. The Morgan fingerprint density at radius 1 is 2.00 bits per heavy atom. The molecule has 1 heterocycles. The lowest BCUT2D eigenvalue weighted by Gasteiger charge is -1.96. The zero-order chi connectivity index (χ0) is 6.69. The summed E-state index contributed by atoms with van der Waals surface area (Å²) in [4.78, 5) is 10.0. The maximum atomic E-state index is 10.0. The number of carbonyl (C=O) groups is 1. The molecule has 0 saturated heterocycles. The van der Waals surface area contributed by atoms with Gasteiger partial charge in [-0.15, -0.1) is 11.6 Å². The Bertz CT molecular complexity index is 150. The molecule has 0 aromatic heterocycles. The summed E-state index contributed by atoms with van der Waals surface area (Å²) >= 11 is 6.92. The Hall–Kier alpha value is -0.220. The number of nitrogens with zero attached hydrogens (tertiary/aromatic N) is 2. The van der Waals surface area contributed by atoms with Gasteiger partial charge >= 0.3 is 0 Å². The number of hydrazone groups is 1. The smallest absolute Gasteiger partial charge is 0.230 e. The first kappa shape index (κ1) is 6.89. The normalized spacial score (nSPS) is 17.9. The molecule has 0 aromatic carbocycles. The van der Waals surface area contributed by atoms with Crippen LogP contribution in [-0.4, -0.2) is 28.2 Å². The van der Waals surface area contributed by atoms with Gasteiger partial charge < -0.3 is 0 Å². The lowest BCUT2D eigenvalue weighted by atomic mass is 10.9. The highest BCUT2D eigenvalue weighted by Gasteiger charge is 2.11. The minimum atomic E-state index is 0.398. The molecule has 0 radical (unpaired) electrons. The van der Waals surface area contributed by atoms with Gasteiger partial charge in [0.25, 0.3) is 0 Å². The van der Waals surface area contributed by atoms with Gasteiger partial charge in [-0.2, -0.15) is 5.10 Å². The molecule has 1 rings (SSSR count). The molecular weight excluding hydrogens is 160 g/mol. The number of amides is 1. The predicted octanol–water partition coefficient (Wildman–Crippen LogP) is 0.701. The van der Waals surface area contributed by atoms with Gasteiger partial charge in [0, 0.05) is 0 Å². The van der Waals surface area contributed by atoms with E-state index < -0.39 is 0 Å². The van der Waals surface area contributed by atoms with Crippen molar-refractivity contribution in [3.63, 3.8) is 0 Å². The summed E-state index contributed by atoms with van der Waals surface area (Å²) in [5, 5.41) is 5.97. The molecule has 1 aliphatic rings. The van der Waals surface area contributed by atoms with Crippen LogP contribution in [0.4, 0.5) is 0 Å². The minimum absolute atomic E-state index is 0.398. The van der Waals surface area contributed by atoms with Crippen molar-refractivity contribution in [2.45, 2.75) is 0 Å². The van der Waals surface area contributed by atoms with Gasteiger partial charge in [-0.3, -0.25) is 4.79 Å². The van der Waals surface area contributed by atoms with Crippen LogP contribution >= 0.6 is 23.4 Å². The van der Waals surface area contributed by atoms with Gasteiger partial charge in [-0.05, 0) is 0 Å². The van der Waals surface area contributed by atoms with Crippen molar-refractivity contribution in [3.8, 4) is 0 Å². The minimum Gasteiger partial charge on any atom is -0.277 e. The van der Waals surface area contributed by atoms with Crippen LogP contribution in [0.2, 0.25) is 0 Å². The van der Waals surface area contributed by atoms with Crippen molar-refractivity contribution in [1.29, 1.82) is 0 Å². The van der Waals surface area contributed by atoms with Gasteiger partial charge in [-0.1, -0.05) is 11.8 Å². The fraction of sp³-hybridized carbons (Fsp3) is 0.500. The monoisotopic (exact) mass is 164 g/mol. The molecular formula is C4H5ClN2OS. The molecule has 1 amide bonds. The highest BCUT2D eigenvalue weighted by Crippen LogP contribution is 2.15. The Kier molecular flexibility index (Phi) is 2.36. The summed E-state index contributed by atoms with van der Waals surface area (Å²) in [5.74, 6) is 1.00. The third-order valence-corrected chi connectivity index (χ3v) is 2.20. The molecule has 3 nitrogen and oxygen atoms in total. The molecule has 0 bridgehead atoms. The maximum absolute atomic E-state index is 10.0. The number of rotatable bonds is 2. The van der Waals surface area contributed by atoms with E-state index in [4.69, 9.17) is 11.6 Å². The molecule has 50 valence electrons. The number of hydrogen-bond acceptors (Lipinski definition) is 3. The third kappa shape index (κ3) is 1.59. The van der Waals surface area contributed by atoms with E-state index in [0.29, 0.717) is 18.2 Å². The van der Waals surface area contributed by atoms with Gasteiger partial charge in [0.05, 0.1) is 11.8 Å². The van der Waals surface area contributed by atoms with Crippen molar-refractivity contribution < 1.29 is 4.79 Å². The second-order valence-electron chi connectivity index (χ2n) is 1.45. The van der Waals surface area contributed by atoms with Crippen LogP contribution in [0.15, 0.2) is 5.10 Å². The van der Waals surface area contributed by atoms with Crippen LogP contribution < -0.4 is 0 Å². The highest BCUT2D eigenvalue weighted by atomic mass is 35.5.